The maximum absolute atomic E-state index is 12.7. The van der Waals surface area contributed by atoms with Gasteiger partial charge in [0, 0.05) is 55.5 Å². The van der Waals surface area contributed by atoms with E-state index in [1.54, 1.807) is 33.5 Å². The number of hydrogen-bond donors (Lipinski definition) is 3. The molecule has 1 aliphatic rings. The summed E-state index contributed by atoms with van der Waals surface area (Å²) in [5, 5.41) is 10.7. The molecule has 0 atom stereocenters. The van der Waals surface area contributed by atoms with Crippen LogP contribution in [0.3, 0.4) is 0 Å². The number of benzene rings is 2. The number of anilines is 3. The Bertz CT molecular complexity index is 1180. The van der Waals surface area contributed by atoms with Crippen LogP contribution in [-0.2, 0) is 0 Å². The Morgan fingerprint density at radius 1 is 0.917 bits per heavy atom. The summed E-state index contributed by atoms with van der Waals surface area (Å²) >= 11 is 0. The first-order valence-electron chi connectivity index (χ1n) is 12.1. The molecule has 4 rings (SSSR count). The van der Waals surface area contributed by atoms with Gasteiger partial charge in [-0.25, -0.2) is 9.78 Å². The molecule has 2 amide bonds. The van der Waals surface area contributed by atoms with Crippen LogP contribution in [0.1, 0.15) is 25.7 Å². The molecule has 0 bridgehead atoms. The van der Waals surface area contributed by atoms with Crippen LogP contribution in [0.25, 0.3) is 10.9 Å². The van der Waals surface area contributed by atoms with Crippen LogP contribution in [0.5, 0.6) is 17.2 Å². The van der Waals surface area contributed by atoms with Crippen molar-refractivity contribution in [1.29, 1.82) is 0 Å². The summed E-state index contributed by atoms with van der Waals surface area (Å²) in [5.41, 5.74) is 2.68. The number of aromatic nitrogens is 1. The first-order valence-corrected chi connectivity index (χ1v) is 12.1. The number of urea groups is 1. The first-order chi connectivity index (χ1) is 17.4. The fourth-order valence-corrected chi connectivity index (χ4v) is 4.70. The predicted molar refractivity (Wildman–Crippen MR) is 144 cm³/mol. The fraction of sp³-hybridized carbons (Fsp3) is 0.407. The lowest BCUT2D eigenvalue weighted by Gasteiger charge is -2.30. The van der Waals surface area contributed by atoms with Crippen molar-refractivity contribution >= 4 is 34.1 Å². The third-order valence-corrected chi connectivity index (χ3v) is 6.51. The second kappa shape index (κ2) is 11.2. The van der Waals surface area contributed by atoms with Crippen molar-refractivity contribution in [2.24, 2.45) is 0 Å². The van der Waals surface area contributed by atoms with Gasteiger partial charge in [0.05, 0.1) is 32.5 Å². The standard InChI is InChI=1S/C27H35N5O4/c1-32(2)22-16-25(31-21-9-7-6-8-20(21)22)28-17-10-12-18(13-11-17)29-27(33)30-19-14-23(34-3)26(36-5)24(15-19)35-4/h6-9,14-18H,10-13H2,1-5H3,(H,28,31)(H2,29,30,33). The first kappa shape index (κ1) is 25.2. The smallest absolute Gasteiger partial charge is 0.319 e. The lowest BCUT2D eigenvalue weighted by Crippen LogP contribution is -2.42. The number of carbonyl (C=O) groups is 1. The van der Waals surface area contributed by atoms with E-state index < -0.39 is 0 Å². The molecular formula is C27H35N5O4. The van der Waals surface area contributed by atoms with Gasteiger partial charge in [0.15, 0.2) is 11.5 Å². The minimum absolute atomic E-state index is 0.104. The summed E-state index contributed by atoms with van der Waals surface area (Å²) in [6, 6.07) is 13.9. The number of amides is 2. The number of carbonyl (C=O) groups excluding carboxylic acids is 1. The number of pyridine rings is 1. The highest BCUT2D eigenvalue weighted by Gasteiger charge is 2.23. The van der Waals surface area contributed by atoms with Gasteiger partial charge in [-0.05, 0) is 31.7 Å². The topological polar surface area (TPSA) is 97.0 Å². The molecule has 1 aliphatic carbocycles. The summed E-state index contributed by atoms with van der Waals surface area (Å²) in [6.07, 6.45) is 3.66. The van der Waals surface area contributed by atoms with Gasteiger partial charge >= 0.3 is 6.03 Å². The van der Waals surface area contributed by atoms with Crippen LogP contribution in [0.2, 0.25) is 0 Å². The van der Waals surface area contributed by atoms with E-state index in [4.69, 9.17) is 19.2 Å². The number of fused-ring (bicyclic) bond motifs is 1. The van der Waals surface area contributed by atoms with E-state index in [2.05, 4.69) is 33.0 Å². The van der Waals surface area contributed by atoms with Crippen molar-refractivity contribution in [3.63, 3.8) is 0 Å². The van der Waals surface area contributed by atoms with Crippen LogP contribution in [-0.4, -0.2) is 58.5 Å². The van der Waals surface area contributed by atoms with E-state index in [1.807, 2.05) is 32.3 Å². The molecule has 0 spiro atoms. The second-order valence-corrected chi connectivity index (χ2v) is 9.14. The molecule has 0 aliphatic heterocycles. The second-order valence-electron chi connectivity index (χ2n) is 9.14. The molecule has 192 valence electrons. The minimum atomic E-state index is -0.257. The Kier molecular flexibility index (Phi) is 7.87. The highest BCUT2D eigenvalue weighted by atomic mass is 16.5. The van der Waals surface area contributed by atoms with Gasteiger partial charge in [-0.1, -0.05) is 18.2 Å². The Morgan fingerprint density at radius 2 is 1.56 bits per heavy atom. The molecule has 0 unspecified atom stereocenters. The number of hydrogen-bond acceptors (Lipinski definition) is 7. The Balaban J connectivity index is 1.33. The molecule has 1 saturated carbocycles. The monoisotopic (exact) mass is 493 g/mol. The Morgan fingerprint density at radius 3 is 2.17 bits per heavy atom. The lowest BCUT2D eigenvalue weighted by atomic mass is 9.91. The van der Waals surface area contributed by atoms with Gasteiger partial charge in [0.1, 0.15) is 5.82 Å². The normalized spacial score (nSPS) is 17.2. The zero-order chi connectivity index (χ0) is 25.7. The van der Waals surface area contributed by atoms with Crippen molar-refractivity contribution in [3.05, 3.63) is 42.5 Å². The molecule has 1 fully saturated rings. The van der Waals surface area contributed by atoms with Crippen molar-refractivity contribution in [2.75, 3.05) is 51.0 Å². The predicted octanol–water partition coefficient (Wildman–Crippen LogP) is 4.87. The third kappa shape index (κ3) is 5.67. The molecule has 3 N–H and O–H groups in total. The number of nitrogens with zero attached hydrogens (tertiary/aromatic N) is 2. The number of nitrogens with one attached hydrogen (secondary N) is 3. The van der Waals surface area contributed by atoms with Crippen LogP contribution >= 0.6 is 0 Å². The van der Waals surface area contributed by atoms with Gasteiger partial charge in [-0.15, -0.1) is 0 Å². The average molecular weight is 494 g/mol. The van der Waals surface area contributed by atoms with E-state index in [0.717, 1.165) is 48.1 Å². The molecular weight excluding hydrogens is 458 g/mol. The molecule has 9 nitrogen and oxygen atoms in total. The number of rotatable bonds is 8. The summed E-state index contributed by atoms with van der Waals surface area (Å²) < 4.78 is 16.1. The highest BCUT2D eigenvalue weighted by Crippen LogP contribution is 2.40. The molecule has 3 aromatic rings. The average Bonchev–Trinajstić information content (AvgIpc) is 2.88. The molecule has 1 heterocycles. The molecule has 2 aromatic carbocycles. The van der Waals surface area contributed by atoms with Crippen molar-refractivity contribution in [3.8, 4) is 17.2 Å². The number of ether oxygens (including phenoxy) is 3. The molecule has 9 heteroatoms. The fourth-order valence-electron chi connectivity index (χ4n) is 4.70. The van der Waals surface area contributed by atoms with E-state index >= 15 is 0 Å². The SMILES string of the molecule is COc1cc(NC(=O)NC2CCC(Nc3cc(N(C)C)c4ccccc4n3)CC2)cc(OC)c1OC. The zero-order valence-corrected chi connectivity index (χ0v) is 21.6. The summed E-state index contributed by atoms with van der Waals surface area (Å²) in [5.74, 6) is 2.33. The van der Waals surface area contributed by atoms with Gasteiger partial charge in [0.2, 0.25) is 5.75 Å². The van der Waals surface area contributed by atoms with Crippen LogP contribution in [0, 0.1) is 0 Å². The lowest BCUT2D eigenvalue weighted by molar-refractivity contribution is 0.243. The number of methoxy groups -OCH3 is 3. The van der Waals surface area contributed by atoms with Gasteiger partial charge in [0.25, 0.3) is 0 Å². The molecule has 0 saturated heterocycles. The van der Waals surface area contributed by atoms with Crippen LogP contribution < -0.4 is 35.1 Å². The summed E-state index contributed by atoms with van der Waals surface area (Å²) in [7, 11) is 8.73. The molecule has 1 aromatic heterocycles. The van der Waals surface area contributed by atoms with Crippen LogP contribution in [0.4, 0.5) is 22.0 Å². The zero-order valence-electron chi connectivity index (χ0n) is 21.6. The Labute approximate surface area is 212 Å². The Hall–Kier alpha value is -3.88. The highest BCUT2D eigenvalue weighted by molar-refractivity contribution is 5.93. The quantitative estimate of drug-likeness (QED) is 0.412. The summed E-state index contributed by atoms with van der Waals surface area (Å²) in [6.45, 7) is 0. The van der Waals surface area contributed by atoms with E-state index in [-0.39, 0.29) is 12.1 Å². The maximum Gasteiger partial charge on any atom is 0.319 e. The van der Waals surface area contributed by atoms with Crippen LogP contribution in [0.15, 0.2) is 42.5 Å². The van der Waals surface area contributed by atoms with Crippen molar-refractivity contribution in [1.82, 2.24) is 10.3 Å². The van der Waals surface area contributed by atoms with Crippen molar-refractivity contribution < 1.29 is 19.0 Å². The maximum atomic E-state index is 12.7. The van der Waals surface area contributed by atoms with Gasteiger partial charge in [-0.2, -0.15) is 0 Å². The van der Waals surface area contributed by atoms with E-state index in [1.165, 1.54) is 0 Å². The van der Waals surface area contributed by atoms with Crippen molar-refractivity contribution in [2.45, 2.75) is 37.8 Å². The van der Waals surface area contributed by atoms with Gasteiger partial charge in [-0.3, -0.25) is 0 Å². The largest absolute Gasteiger partial charge is 0.493 e. The third-order valence-electron chi connectivity index (χ3n) is 6.51. The number of para-hydroxylation sites is 1. The molecule has 36 heavy (non-hydrogen) atoms. The minimum Gasteiger partial charge on any atom is -0.493 e. The van der Waals surface area contributed by atoms with E-state index in [0.29, 0.717) is 29.0 Å². The summed E-state index contributed by atoms with van der Waals surface area (Å²) in [4.78, 5) is 19.6. The molecule has 0 radical (unpaired) electrons. The van der Waals surface area contributed by atoms with Gasteiger partial charge < -0.3 is 35.1 Å². The van der Waals surface area contributed by atoms with E-state index in [9.17, 15) is 4.79 Å².